The van der Waals surface area contributed by atoms with Crippen molar-refractivity contribution in [3.63, 3.8) is 0 Å². The number of carboxylic acid groups (broad SMARTS) is 1. The summed E-state index contributed by atoms with van der Waals surface area (Å²) >= 11 is 1.25. The van der Waals surface area contributed by atoms with E-state index >= 15 is 0 Å². The van der Waals surface area contributed by atoms with Crippen LogP contribution in [0.2, 0.25) is 0 Å². The van der Waals surface area contributed by atoms with E-state index in [9.17, 15) is 9.59 Å². The number of Topliss-reactive ketones (excluding diaryl/α,β-unsaturated/α-hetero) is 1. The maximum atomic E-state index is 12.5. The Morgan fingerprint density at radius 2 is 1.68 bits per heavy atom. The van der Waals surface area contributed by atoms with Gasteiger partial charge in [0, 0.05) is 16.7 Å². The Morgan fingerprint density at radius 3 is 2.28 bits per heavy atom. The van der Waals surface area contributed by atoms with E-state index in [1.807, 2.05) is 42.5 Å². The number of ketones is 1. The van der Waals surface area contributed by atoms with Crippen LogP contribution in [0.4, 0.5) is 0 Å². The third-order valence-corrected chi connectivity index (χ3v) is 5.33. The smallest absolute Gasteiger partial charge is 0.345 e. The minimum Gasteiger partial charge on any atom is -0.477 e. The summed E-state index contributed by atoms with van der Waals surface area (Å²) in [5.74, 6) is -0.855. The van der Waals surface area contributed by atoms with Crippen LogP contribution in [0.15, 0.2) is 48.5 Å². The van der Waals surface area contributed by atoms with E-state index in [2.05, 4.69) is 20.8 Å². The van der Waals surface area contributed by atoms with Crippen molar-refractivity contribution >= 4 is 33.2 Å². The second-order valence-corrected chi connectivity index (χ2v) is 8.30. The molecule has 128 valence electrons. The highest BCUT2D eigenvalue weighted by atomic mass is 32.1. The van der Waals surface area contributed by atoms with Gasteiger partial charge in [-0.25, -0.2) is 4.79 Å². The maximum Gasteiger partial charge on any atom is 0.345 e. The van der Waals surface area contributed by atoms with Gasteiger partial charge in [-0.05, 0) is 40.1 Å². The zero-order valence-corrected chi connectivity index (χ0v) is 15.3. The lowest BCUT2D eigenvalue weighted by Gasteiger charge is -2.19. The van der Waals surface area contributed by atoms with Gasteiger partial charge >= 0.3 is 5.97 Å². The van der Waals surface area contributed by atoms with E-state index in [0.29, 0.717) is 16.9 Å². The standard InChI is InChI=1S/C21H20O3S/c1-21(2,3)16-7-5-14(6-8-16)17(22)11-13-4-9-18-15(10-13)12-19(25-18)20(23)24/h4-10,12H,11H2,1-3H3,(H,23,24). The van der Waals surface area contributed by atoms with E-state index in [4.69, 9.17) is 5.11 Å². The van der Waals surface area contributed by atoms with E-state index in [0.717, 1.165) is 15.6 Å². The number of carboxylic acids is 1. The summed E-state index contributed by atoms with van der Waals surface area (Å²) in [5.41, 5.74) is 2.86. The monoisotopic (exact) mass is 352 g/mol. The molecule has 0 aliphatic carbocycles. The molecule has 0 saturated carbocycles. The normalized spacial score (nSPS) is 11.6. The molecule has 0 bridgehead atoms. The number of rotatable bonds is 4. The third kappa shape index (κ3) is 3.80. The Balaban J connectivity index is 1.80. The molecule has 0 atom stereocenters. The molecule has 3 rings (SSSR count). The summed E-state index contributed by atoms with van der Waals surface area (Å²) in [6, 6.07) is 15.1. The second-order valence-electron chi connectivity index (χ2n) is 7.22. The van der Waals surface area contributed by atoms with Crippen LogP contribution in [0.5, 0.6) is 0 Å². The molecule has 4 heteroatoms. The fourth-order valence-corrected chi connectivity index (χ4v) is 3.63. The predicted molar refractivity (Wildman–Crippen MR) is 102 cm³/mol. The van der Waals surface area contributed by atoms with Gasteiger partial charge in [-0.3, -0.25) is 4.79 Å². The molecule has 0 spiro atoms. The first-order chi connectivity index (χ1) is 11.7. The first-order valence-corrected chi connectivity index (χ1v) is 8.95. The average molecular weight is 352 g/mol. The molecule has 1 aromatic heterocycles. The average Bonchev–Trinajstić information content (AvgIpc) is 2.98. The van der Waals surface area contributed by atoms with Gasteiger partial charge in [0.05, 0.1) is 0 Å². The summed E-state index contributed by atoms with van der Waals surface area (Å²) in [7, 11) is 0. The van der Waals surface area contributed by atoms with Crippen molar-refractivity contribution < 1.29 is 14.7 Å². The number of hydrogen-bond acceptors (Lipinski definition) is 3. The lowest BCUT2D eigenvalue weighted by Crippen LogP contribution is -2.11. The molecule has 3 aromatic rings. The summed E-state index contributed by atoms with van der Waals surface area (Å²) in [6.45, 7) is 6.43. The molecule has 0 aliphatic heterocycles. The Labute approximate surface area is 150 Å². The molecule has 1 N–H and O–H groups in total. The quantitative estimate of drug-likeness (QED) is 0.646. The highest BCUT2D eigenvalue weighted by Gasteiger charge is 2.15. The second kappa shape index (κ2) is 6.45. The molecule has 0 saturated heterocycles. The topological polar surface area (TPSA) is 54.4 Å². The number of hydrogen-bond donors (Lipinski definition) is 1. The van der Waals surface area contributed by atoms with E-state index < -0.39 is 5.97 Å². The van der Waals surface area contributed by atoms with Crippen LogP contribution in [0.3, 0.4) is 0 Å². The molecular formula is C21H20O3S. The van der Waals surface area contributed by atoms with Crippen molar-refractivity contribution in [1.82, 2.24) is 0 Å². The van der Waals surface area contributed by atoms with Crippen LogP contribution in [-0.4, -0.2) is 16.9 Å². The Bertz CT molecular complexity index is 943. The highest BCUT2D eigenvalue weighted by molar-refractivity contribution is 7.20. The maximum absolute atomic E-state index is 12.5. The highest BCUT2D eigenvalue weighted by Crippen LogP contribution is 2.27. The Hall–Kier alpha value is -2.46. The minimum absolute atomic E-state index is 0.0629. The first kappa shape index (κ1) is 17.4. The first-order valence-electron chi connectivity index (χ1n) is 8.13. The zero-order valence-electron chi connectivity index (χ0n) is 14.5. The van der Waals surface area contributed by atoms with Crippen LogP contribution < -0.4 is 0 Å². The summed E-state index contributed by atoms with van der Waals surface area (Å²) in [5, 5.41) is 9.96. The molecule has 0 amide bonds. The van der Waals surface area contributed by atoms with Crippen LogP contribution in [-0.2, 0) is 11.8 Å². The van der Waals surface area contributed by atoms with Crippen molar-refractivity contribution in [3.8, 4) is 0 Å². The molecule has 0 radical (unpaired) electrons. The van der Waals surface area contributed by atoms with Crippen molar-refractivity contribution in [1.29, 1.82) is 0 Å². The van der Waals surface area contributed by atoms with Gasteiger partial charge in [-0.1, -0.05) is 51.1 Å². The van der Waals surface area contributed by atoms with Gasteiger partial charge in [0.1, 0.15) is 4.88 Å². The number of aromatic carboxylic acids is 1. The van der Waals surface area contributed by atoms with Crippen LogP contribution in [0.25, 0.3) is 10.1 Å². The third-order valence-electron chi connectivity index (χ3n) is 4.23. The van der Waals surface area contributed by atoms with Gasteiger partial charge in [-0.15, -0.1) is 11.3 Å². The molecule has 3 nitrogen and oxygen atoms in total. The largest absolute Gasteiger partial charge is 0.477 e. The van der Waals surface area contributed by atoms with Gasteiger partial charge in [0.15, 0.2) is 5.78 Å². The fraction of sp³-hybridized carbons (Fsp3) is 0.238. The molecule has 2 aromatic carbocycles. The minimum atomic E-state index is -0.919. The van der Waals surface area contributed by atoms with Crippen molar-refractivity contribution in [2.45, 2.75) is 32.6 Å². The summed E-state index contributed by atoms with van der Waals surface area (Å²) in [6.07, 6.45) is 0.309. The van der Waals surface area contributed by atoms with E-state index in [1.54, 1.807) is 6.07 Å². The lowest BCUT2D eigenvalue weighted by molar-refractivity contribution is 0.0702. The predicted octanol–water partition coefficient (Wildman–Crippen LogP) is 5.32. The van der Waals surface area contributed by atoms with E-state index in [1.165, 1.54) is 16.9 Å². The summed E-state index contributed by atoms with van der Waals surface area (Å²) in [4.78, 5) is 23.9. The number of thiophene rings is 1. The van der Waals surface area contributed by atoms with Crippen LogP contribution >= 0.6 is 11.3 Å². The van der Waals surface area contributed by atoms with Crippen molar-refractivity contribution in [2.75, 3.05) is 0 Å². The fourth-order valence-electron chi connectivity index (χ4n) is 2.75. The number of benzene rings is 2. The van der Waals surface area contributed by atoms with Gasteiger partial charge in [-0.2, -0.15) is 0 Å². The number of carbonyl (C=O) groups excluding carboxylic acids is 1. The molecular weight excluding hydrogens is 332 g/mol. The summed E-state index contributed by atoms with van der Waals surface area (Å²) < 4.78 is 0.920. The van der Waals surface area contributed by atoms with Gasteiger partial charge in [0.2, 0.25) is 0 Å². The molecule has 0 aliphatic rings. The van der Waals surface area contributed by atoms with Gasteiger partial charge in [0.25, 0.3) is 0 Å². The SMILES string of the molecule is CC(C)(C)c1ccc(C(=O)Cc2ccc3sc(C(=O)O)cc3c2)cc1. The van der Waals surface area contributed by atoms with Crippen LogP contribution in [0, 0.1) is 0 Å². The van der Waals surface area contributed by atoms with Crippen molar-refractivity contribution in [3.05, 3.63) is 70.1 Å². The number of fused-ring (bicyclic) bond motifs is 1. The molecule has 1 heterocycles. The molecule has 0 fully saturated rings. The Morgan fingerprint density at radius 1 is 1.00 bits per heavy atom. The van der Waals surface area contributed by atoms with Crippen molar-refractivity contribution in [2.24, 2.45) is 0 Å². The zero-order chi connectivity index (χ0) is 18.2. The lowest BCUT2D eigenvalue weighted by atomic mass is 9.86. The molecule has 25 heavy (non-hydrogen) atoms. The van der Waals surface area contributed by atoms with E-state index in [-0.39, 0.29) is 11.2 Å². The Kier molecular flexibility index (Phi) is 4.48. The molecule has 0 unspecified atom stereocenters. The number of carbonyl (C=O) groups is 2. The van der Waals surface area contributed by atoms with Crippen LogP contribution in [0.1, 0.15) is 51.9 Å². The van der Waals surface area contributed by atoms with Gasteiger partial charge < -0.3 is 5.11 Å².